The van der Waals surface area contributed by atoms with E-state index in [0.717, 1.165) is 34.6 Å². The third kappa shape index (κ3) is 25.9. The summed E-state index contributed by atoms with van der Waals surface area (Å²) >= 11 is 3.79. The molecule has 6 aromatic rings. The number of rotatable bonds is 11. The molecule has 0 aliphatic heterocycles. The average molecular weight is 941 g/mol. The Hall–Kier alpha value is -6.61. The summed E-state index contributed by atoms with van der Waals surface area (Å²) in [5.41, 5.74) is 16.8. The van der Waals surface area contributed by atoms with Gasteiger partial charge in [-0.1, -0.05) is 288 Å². The summed E-state index contributed by atoms with van der Waals surface area (Å²) in [5.74, 6) is 0.944. The van der Waals surface area contributed by atoms with E-state index in [1.54, 1.807) is 18.2 Å². The number of fused-ring (bicyclic) bond motifs is 3. The number of nitrogens with two attached hydrogens (primary N) is 1. The van der Waals surface area contributed by atoms with Crippen LogP contribution in [0.5, 0.6) is 0 Å². The van der Waals surface area contributed by atoms with Crippen LogP contribution in [0.3, 0.4) is 0 Å². The maximum Gasteiger partial charge on any atom is 0.0270 e. The molecule has 0 saturated carbocycles. The fourth-order valence-electron chi connectivity index (χ4n) is 6.05. The first-order valence-electron chi connectivity index (χ1n) is 24.6. The van der Waals surface area contributed by atoms with Crippen LogP contribution in [0.1, 0.15) is 111 Å². The van der Waals surface area contributed by atoms with Crippen LogP contribution >= 0.6 is 12.6 Å². The molecule has 0 aliphatic carbocycles. The lowest BCUT2D eigenvalue weighted by molar-refractivity contribution is 1.27. The highest BCUT2D eigenvalue weighted by Gasteiger charge is 2.16. The average Bonchev–Trinajstić information content (AvgIpc) is 3.42. The van der Waals surface area contributed by atoms with E-state index in [4.69, 9.17) is 5.73 Å². The first-order chi connectivity index (χ1) is 33.7. The van der Waals surface area contributed by atoms with E-state index in [0.29, 0.717) is 0 Å². The van der Waals surface area contributed by atoms with Gasteiger partial charge >= 0.3 is 0 Å². The number of allylic oxidation sites excluding steroid dienone is 12. The summed E-state index contributed by atoms with van der Waals surface area (Å²) in [6, 6.07) is 44.6. The Morgan fingerprint density at radius 2 is 1.07 bits per heavy atom. The van der Waals surface area contributed by atoms with Crippen LogP contribution in [-0.4, -0.2) is 5.75 Å². The highest BCUT2D eigenvalue weighted by Crippen LogP contribution is 2.40. The van der Waals surface area contributed by atoms with Gasteiger partial charge in [0.15, 0.2) is 0 Å². The SMILES string of the molecule is C=C/C(C)=C\C.C=C/C=C(\C=C/Cc1ccccc1)c1cc2c(C=C)c(C=C)c(-c3ccccc3)cc2c2ccccc12.C=C/C=C\C(N)=C/C.CC.CC.CC.CC.CCS.Cc1ccccc1. The van der Waals surface area contributed by atoms with Gasteiger partial charge in [0.25, 0.3) is 0 Å². The Bertz CT molecular complexity index is 2440. The lowest BCUT2D eigenvalue weighted by atomic mass is 9.85. The zero-order valence-electron chi connectivity index (χ0n) is 45.0. The van der Waals surface area contributed by atoms with Crippen LogP contribution in [-0.2, 0) is 6.42 Å². The summed E-state index contributed by atoms with van der Waals surface area (Å²) in [4.78, 5) is 0. The second-order valence-electron chi connectivity index (χ2n) is 13.6. The van der Waals surface area contributed by atoms with E-state index in [2.05, 4.69) is 174 Å². The van der Waals surface area contributed by atoms with Crippen molar-refractivity contribution in [2.45, 2.75) is 96.4 Å². The Balaban J connectivity index is -0.00000111. The summed E-state index contributed by atoms with van der Waals surface area (Å²) in [6.07, 6.45) is 24.2. The second kappa shape index (κ2) is 45.2. The number of hydrogen-bond donors (Lipinski definition) is 2. The smallest absolute Gasteiger partial charge is 0.0270 e. The minimum atomic E-state index is 0.768. The lowest BCUT2D eigenvalue weighted by Crippen LogP contribution is -1.94. The summed E-state index contributed by atoms with van der Waals surface area (Å²) in [7, 11) is 0. The molecule has 0 bridgehead atoms. The molecule has 6 aromatic carbocycles. The van der Waals surface area contributed by atoms with Gasteiger partial charge in [0.2, 0.25) is 0 Å². The Morgan fingerprint density at radius 1 is 0.580 bits per heavy atom. The van der Waals surface area contributed by atoms with Crippen LogP contribution in [0.2, 0.25) is 0 Å². The van der Waals surface area contributed by atoms with Gasteiger partial charge in [-0.2, -0.15) is 12.6 Å². The predicted octanol–water partition coefficient (Wildman–Crippen LogP) is 21.1. The molecule has 0 heterocycles. The molecule has 0 spiro atoms. The molecular weight excluding hydrogens is 851 g/mol. The third-order valence-corrected chi connectivity index (χ3v) is 9.32. The zero-order valence-corrected chi connectivity index (χ0v) is 45.9. The molecule has 0 unspecified atom stereocenters. The Labute approximate surface area is 428 Å². The molecule has 0 aromatic heterocycles. The highest BCUT2D eigenvalue weighted by molar-refractivity contribution is 7.80. The minimum Gasteiger partial charge on any atom is -0.399 e. The normalized spacial score (nSPS) is 10.2. The molecule has 0 aliphatic rings. The fourth-order valence-corrected chi connectivity index (χ4v) is 6.05. The van der Waals surface area contributed by atoms with Crippen molar-refractivity contribution < 1.29 is 0 Å². The zero-order chi connectivity index (χ0) is 52.8. The third-order valence-electron chi connectivity index (χ3n) is 9.32. The topological polar surface area (TPSA) is 26.0 Å². The van der Waals surface area contributed by atoms with Gasteiger partial charge in [-0.25, -0.2) is 0 Å². The molecule has 0 saturated heterocycles. The van der Waals surface area contributed by atoms with Crippen LogP contribution in [0.15, 0.2) is 232 Å². The highest BCUT2D eigenvalue weighted by atomic mass is 32.1. The van der Waals surface area contributed by atoms with E-state index >= 15 is 0 Å². The molecule has 0 radical (unpaired) electrons. The number of benzene rings is 6. The van der Waals surface area contributed by atoms with E-state index in [1.165, 1.54) is 54.9 Å². The quantitative estimate of drug-likeness (QED) is 0.0756. The largest absolute Gasteiger partial charge is 0.399 e. The van der Waals surface area contributed by atoms with Gasteiger partial charge in [-0.05, 0) is 119 Å². The van der Waals surface area contributed by atoms with Crippen molar-refractivity contribution in [3.63, 3.8) is 0 Å². The molecular formula is C67H89NS. The molecule has 0 fully saturated rings. The van der Waals surface area contributed by atoms with Crippen molar-refractivity contribution in [1.29, 1.82) is 0 Å². The van der Waals surface area contributed by atoms with Gasteiger partial charge in [-0.3, -0.25) is 0 Å². The maximum absolute atomic E-state index is 5.39. The molecule has 69 heavy (non-hydrogen) atoms. The van der Waals surface area contributed by atoms with Crippen LogP contribution < -0.4 is 5.73 Å². The molecule has 2 heteroatoms. The van der Waals surface area contributed by atoms with Crippen molar-refractivity contribution in [3.8, 4) is 11.1 Å². The monoisotopic (exact) mass is 940 g/mol. The molecule has 0 atom stereocenters. The number of hydrogen-bond acceptors (Lipinski definition) is 2. The van der Waals surface area contributed by atoms with Crippen molar-refractivity contribution in [3.05, 3.63) is 260 Å². The fraction of sp³-hybridized carbons (Fsp3) is 0.224. The summed E-state index contributed by atoms with van der Waals surface area (Å²) in [5, 5.41) is 4.82. The second-order valence-corrected chi connectivity index (χ2v) is 14.3. The van der Waals surface area contributed by atoms with Gasteiger partial charge in [0.1, 0.15) is 0 Å². The van der Waals surface area contributed by atoms with E-state index in [1.807, 2.05) is 144 Å². The van der Waals surface area contributed by atoms with E-state index in [-0.39, 0.29) is 0 Å². The van der Waals surface area contributed by atoms with Crippen molar-refractivity contribution >= 4 is 51.9 Å². The van der Waals surface area contributed by atoms with Crippen molar-refractivity contribution in [2.24, 2.45) is 5.73 Å². The summed E-state index contributed by atoms with van der Waals surface area (Å²) < 4.78 is 0. The van der Waals surface area contributed by atoms with Crippen LogP contribution in [0.4, 0.5) is 0 Å². The Morgan fingerprint density at radius 3 is 1.49 bits per heavy atom. The molecule has 368 valence electrons. The van der Waals surface area contributed by atoms with E-state index in [9.17, 15) is 0 Å². The number of aryl methyl sites for hydroxylation is 1. The predicted molar refractivity (Wildman–Crippen MR) is 328 cm³/mol. The molecule has 2 N–H and O–H groups in total. The van der Waals surface area contributed by atoms with Crippen LogP contribution in [0.25, 0.3) is 50.4 Å². The minimum absolute atomic E-state index is 0.768. The van der Waals surface area contributed by atoms with Crippen molar-refractivity contribution in [1.82, 2.24) is 0 Å². The first kappa shape index (κ1) is 66.7. The number of thiol groups is 1. The van der Waals surface area contributed by atoms with Crippen molar-refractivity contribution in [2.75, 3.05) is 5.75 Å². The maximum atomic E-state index is 5.39. The summed E-state index contributed by atoms with van der Waals surface area (Å²) in [6.45, 7) is 45.4. The molecule has 0 amide bonds. The van der Waals surface area contributed by atoms with Gasteiger partial charge < -0.3 is 5.73 Å². The molecule has 6 rings (SSSR count). The van der Waals surface area contributed by atoms with E-state index < -0.39 is 0 Å². The van der Waals surface area contributed by atoms with Gasteiger partial charge in [-0.15, -0.1) is 0 Å². The van der Waals surface area contributed by atoms with Crippen LogP contribution in [0, 0.1) is 6.92 Å². The van der Waals surface area contributed by atoms with Gasteiger partial charge in [0.05, 0.1) is 0 Å². The Kier molecular flexibility index (Phi) is 43.7. The standard InChI is InChI=1S/C37H30.C7H11N.C7H8.C6H10.C2H6S.4C2H6/c1-4-16-28(22-15-19-27-17-9-7-10-18-27)35-26-36-31(6-3)30(5-2)34(29-20-11-8-12-21-29)25-37(36)33-24-14-13-23-32(33)35;1-3-5-6-7(8)4-2;1-7-5-3-2-4-6-7;1-4-6(3)5-2;1-2-3;4*1-2/h4-18,20-26H,1-3,19H2;3-6H,1,8H2,2H3;2-6H,1H3;4-5H,1H2,2-3H3;3H,2H2,1H3;4*1-2H3/b22-15-,28-16+;6-5-,7-4+;;6-5-;;;;;. The molecule has 1 nitrogen and oxygen atoms in total. The van der Waals surface area contributed by atoms with Gasteiger partial charge in [0, 0.05) is 5.70 Å². The first-order valence-corrected chi connectivity index (χ1v) is 25.3. The lowest BCUT2D eigenvalue weighted by Gasteiger charge is -2.18.